The van der Waals surface area contributed by atoms with E-state index in [1.54, 1.807) is 21.0 Å². The molecule has 1 heterocycles. The number of carbonyl (C=O) groups excluding carboxylic acids is 1. The van der Waals surface area contributed by atoms with E-state index in [1.165, 1.54) is 6.08 Å². The third-order valence-electron chi connectivity index (χ3n) is 4.41. The van der Waals surface area contributed by atoms with Crippen molar-refractivity contribution < 1.29 is 18.7 Å². The molecular weight excluding hydrogens is 345 g/mol. The molecule has 27 heavy (non-hydrogen) atoms. The van der Waals surface area contributed by atoms with E-state index >= 15 is 0 Å². The Morgan fingerprint density at radius 3 is 2.59 bits per heavy atom. The predicted octanol–water partition coefficient (Wildman–Crippen LogP) is 4.74. The highest BCUT2D eigenvalue weighted by Gasteiger charge is 2.24. The maximum atomic E-state index is 14.1. The fourth-order valence-electron chi connectivity index (χ4n) is 2.96. The van der Waals surface area contributed by atoms with E-state index in [2.05, 4.69) is 25.1 Å². The zero-order valence-electron chi connectivity index (χ0n) is 16.2. The first-order chi connectivity index (χ1) is 12.7. The number of allylic oxidation sites excluding steroid dienone is 4. The third kappa shape index (κ3) is 5.17. The van der Waals surface area contributed by atoms with Crippen molar-refractivity contribution in [1.82, 2.24) is 5.32 Å². The topological polar surface area (TPSA) is 47.6 Å². The van der Waals surface area contributed by atoms with E-state index in [1.807, 2.05) is 12.1 Å². The van der Waals surface area contributed by atoms with E-state index in [4.69, 9.17) is 9.47 Å². The molecule has 144 valence electrons. The minimum atomic E-state index is -0.555. The lowest BCUT2D eigenvalue weighted by Crippen LogP contribution is -2.31. The number of nitrogens with one attached hydrogen (secondary N) is 1. The van der Waals surface area contributed by atoms with Gasteiger partial charge in [0.1, 0.15) is 17.4 Å². The second-order valence-corrected chi connectivity index (χ2v) is 6.68. The van der Waals surface area contributed by atoms with Crippen LogP contribution in [0.25, 0.3) is 0 Å². The average molecular weight is 371 g/mol. The Balaban J connectivity index is 2.32. The number of hydrogen-bond acceptors (Lipinski definition) is 4. The predicted molar refractivity (Wildman–Crippen MR) is 106 cm³/mol. The molecule has 0 aromatic heterocycles. The molecule has 1 N–H and O–H groups in total. The van der Waals surface area contributed by atoms with Crippen LogP contribution in [0.2, 0.25) is 0 Å². The Hall–Kier alpha value is -2.66. The van der Waals surface area contributed by atoms with E-state index in [-0.39, 0.29) is 23.2 Å². The Morgan fingerprint density at radius 1 is 1.30 bits per heavy atom. The molecule has 1 aromatic rings. The van der Waals surface area contributed by atoms with Gasteiger partial charge in [0, 0.05) is 24.1 Å². The van der Waals surface area contributed by atoms with E-state index < -0.39 is 5.83 Å². The molecule has 0 aliphatic carbocycles. The molecular formula is C22H26FNO3. The largest absolute Gasteiger partial charge is 0.493 e. The molecule has 1 aliphatic heterocycles. The van der Waals surface area contributed by atoms with E-state index in [0.29, 0.717) is 23.5 Å². The summed E-state index contributed by atoms with van der Waals surface area (Å²) in [6.45, 7) is 15.1. The van der Waals surface area contributed by atoms with Crippen molar-refractivity contribution >= 4 is 5.78 Å². The quantitative estimate of drug-likeness (QED) is 0.530. The molecule has 1 aliphatic rings. The highest BCUT2D eigenvalue weighted by molar-refractivity contribution is 5.76. The zero-order valence-corrected chi connectivity index (χ0v) is 16.2. The normalized spacial score (nSPS) is 16.3. The van der Waals surface area contributed by atoms with Gasteiger partial charge in [-0.15, -0.1) is 0 Å². The van der Waals surface area contributed by atoms with Crippen molar-refractivity contribution in [2.75, 3.05) is 13.7 Å². The summed E-state index contributed by atoms with van der Waals surface area (Å²) in [5, 5.41) is 3.35. The average Bonchev–Trinajstić information content (AvgIpc) is 2.60. The summed E-state index contributed by atoms with van der Waals surface area (Å²) in [4.78, 5) is 11.6. The summed E-state index contributed by atoms with van der Waals surface area (Å²) in [6.07, 6.45) is 2.39. The lowest BCUT2D eigenvalue weighted by Gasteiger charge is -2.27. The van der Waals surface area contributed by atoms with Crippen molar-refractivity contribution in [3.05, 3.63) is 71.8 Å². The molecule has 0 saturated carbocycles. The van der Waals surface area contributed by atoms with Gasteiger partial charge in [0.15, 0.2) is 11.5 Å². The summed E-state index contributed by atoms with van der Waals surface area (Å²) in [6, 6.07) is 3.65. The van der Waals surface area contributed by atoms with Crippen molar-refractivity contribution in [3.8, 4) is 11.5 Å². The Bertz CT molecular complexity index is 823. The number of carbonyl (C=O) groups is 1. The second-order valence-electron chi connectivity index (χ2n) is 6.68. The third-order valence-corrected chi connectivity index (χ3v) is 4.41. The van der Waals surface area contributed by atoms with E-state index in [9.17, 15) is 9.18 Å². The number of Topliss-reactive ketones (excluding diaryl/α,β-unsaturated/α-hetero) is 1. The molecule has 2 rings (SSSR count). The standard InChI is InChI=1S/C22H26FNO3/c1-13(2)16(5)19(23)10-15(4)27-22-12-18-17(11-21(22)26-6)7-8-24-20(18)9-14(3)25/h10-12,20,24H,1,4-5,7-9H2,2-3,6H3/b19-10+/t20-/m1/s1. The Labute approximate surface area is 160 Å². The van der Waals surface area contributed by atoms with Gasteiger partial charge in [-0.2, -0.15) is 0 Å². The first kappa shape index (κ1) is 20.6. The van der Waals surface area contributed by atoms with Crippen LogP contribution in [0.5, 0.6) is 11.5 Å². The summed E-state index contributed by atoms with van der Waals surface area (Å²) in [7, 11) is 1.55. The van der Waals surface area contributed by atoms with Crippen molar-refractivity contribution in [2.45, 2.75) is 32.7 Å². The van der Waals surface area contributed by atoms with Crippen LogP contribution in [0.3, 0.4) is 0 Å². The fourth-order valence-corrected chi connectivity index (χ4v) is 2.96. The molecule has 4 nitrogen and oxygen atoms in total. The molecule has 0 radical (unpaired) electrons. The molecule has 0 bridgehead atoms. The number of fused-ring (bicyclic) bond motifs is 1. The van der Waals surface area contributed by atoms with Crippen molar-refractivity contribution in [2.24, 2.45) is 0 Å². The number of rotatable bonds is 8. The van der Waals surface area contributed by atoms with Gasteiger partial charge in [0.2, 0.25) is 0 Å². The van der Waals surface area contributed by atoms with Crippen LogP contribution in [-0.2, 0) is 11.2 Å². The SMILES string of the molecule is C=C(/C=C(/F)C(=C)C(=C)C)Oc1cc2c(cc1OC)CCN[C@@H]2CC(C)=O. The maximum Gasteiger partial charge on any atom is 0.169 e. The monoisotopic (exact) mass is 371 g/mol. The van der Waals surface area contributed by atoms with Gasteiger partial charge in [-0.3, -0.25) is 4.79 Å². The first-order valence-corrected chi connectivity index (χ1v) is 8.75. The number of hydrogen-bond donors (Lipinski definition) is 1. The van der Waals surface area contributed by atoms with E-state index in [0.717, 1.165) is 24.1 Å². The summed E-state index contributed by atoms with van der Waals surface area (Å²) in [5.74, 6) is 0.612. The summed E-state index contributed by atoms with van der Waals surface area (Å²) in [5.41, 5.74) is 2.81. The van der Waals surface area contributed by atoms with Crippen LogP contribution in [0.15, 0.2) is 60.7 Å². The minimum Gasteiger partial charge on any atom is -0.493 e. The number of methoxy groups -OCH3 is 1. The zero-order chi connectivity index (χ0) is 20.1. The molecule has 0 unspecified atom stereocenters. The summed E-state index contributed by atoms with van der Waals surface area (Å²) >= 11 is 0. The van der Waals surface area contributed by atoms with Gasteiger partial charge in [-0.1, -0.05) is 19.7 Å². The number of ketones is 1. The van der Waals surface area contributed by atoms with Crippen LogP contribution in [-0.4, -0.2) is 19.4 Å². The summed E-state index contributed by atoms with van der Waals surface area (Å²) < 4.78 is 25.3. The molecule has 0 spiro atoms. The number of benzene rings is 1. The molecule has 0 amide bonds. The number of ether oxygens (including phenoxy) is 2. The van der Waals surface area contributed by atoms with Crippen LogP contribution in [0.4, 0.5) is 4.39 Å². The lowest BCUT2D eigenvalue weighted by molar-refractivity contribution is -0.117. The van der Waals surface area contributed by atoms with Gasteiger partial charge in [0.05, 0.1) is 7.11 Å². The minimum absolute atomic E-state index is 0.0803. The van der Waals surface area contributed by atoms with Crippen LogP contribution in [0, 0.1) is 0 Å². The molecule has 0 saturated heterocycles. The fraction of sp³-hybridized carbons (Fsp3) is 0.318. The molecule has 1 atom stereocenters. The first-order valence-electron chi connectivity index (χ1n) is 8.75. The molecule has 5 heteroatoms. The molecule has 0 fully saturated rings. The van der Waals surface area contributed by atoms with Gasteiger partial charge < -0.3 is 14.8 Å². The smallest absolute Gasteiger partial charge is 0.169 e. The van der Waals surface area contributed by atoms with Gasteiger partial charge in [-0.25, -0.2) is 4.39 Å². The van der Waals surface area contributed by atoms with Crippen molar-refractivity contribution in [3.63, 3.8) is 0 Å². The number of halogens is 1. The van der Waals surface area contributed by atoms with Crippen LogP contribution >= 0.6 is 0 Å². The van der Waals surface area contributed by atoms with Gasteiger partial charge in [-0.05, 0) is 55.6 Å². The van der Waals surface area contributed by atoms with Crippen molar-refractivity contribution in [1.29, 1.82) is 0 Å². The van der Waals surface area contributed by atoms with Crippen LogP contribution < -0.4 is 14.8 Å². The Morgan fingerprint density at radius 2 is 2.00 bits per heavy atom. The van der Waals surface area contributed by atoms with Crippen LogP contribution in [0.1, 0.15) is 37.4 Å². The second kappa shape index (κ2) is 8.82. The molecule has 1 aromatic carbocycles. The van der Waals surface area contributed by atoms with Gasteiger partial charge in [0.25, 0.3) is 0 Å². The highest BCUT2D eigenvalue weighted by Crippen LogP contribution is 2.37. The Kier molecular flexibility index (Phi) is 6.75. The van der Waals surface area contributed by atoms with Gasteiger partial charge >= 0.3 is 0 Å². The highest BCUT2D eigenvalue weighted by atomic mass is 19.1. The maximum absolute atomic E-state index is 14.1. The lowest BCUT2D eigenvalue weighted by atomic mass is 9.91.